The first-order valence-corrected chi connectivity index (χ1v) is 5.63. The molecule has 2 nitrogen and oxygen atoms in total. The Morgan fingerprint density at radius 3 is 2.14 bits per heavy atom. The summed E-state index contributed by atoms with van der Waals surface area (Å²) in [5.74, 6) is 0.244. The van der Waals surface area contributed by atoms with Crippen molar-refractivity contribution in [3.8, 4) is 0 Å². The summed E-state index contributed by atoms with van der Waals surface area (Å²) >= 11 is 0. The van der Waals surface area contributed by atoms with Gasteiger partial charge in [-0.2, -0.15) is 0 Å². The van der Waals surface area contributed by atoms with Crippen LogP contribution in [-0.2, 0) is 4.79 Å². The molecule has 0 heterocycles. The highest BCUT2D eigenvalue weighted by molar-refractivity contribution is 5.81. The van der Waals surface area contributed by atoms with E-state index in [-0.39, 0.29) is 11.3 Å². The fourth-order valence-corrected chi connectivity index (χ4v) is 1.71. The number of amides is 1. The topological polar surface area (TPSA) is 20.3 Å². The molecule has 0 rings (SSSR count). The molecule has 0 saturated heterocycles. The highest BCUT2D eigenvalue weighted by Gasteiger charge is 2.27. The molecule has 0 aromatic rings. The van der Waals surface area contributed by atoms with Gasteiger partial charge in [-0.3, -0.25) is 4.79 Å². The van der Waals surface area contributed by atoms with Gasteiger partial charge in [0.05, 0.1) is 0 Å². The first-order chi connectivity index (χ1) is 6.41. The summed E-state index contributed by atoms with van der Waals surface area (Å²) < 4.78 is 0. The SMILES string of the molecule is CCCCCCC(C)(C)C(=O)N(C)C. The Labute approximate surface area is 88.7 Å². The maximum absolute atomic E-state index is 11.8. The van der Waals surface area contributed by atoms with Crippen molar-refractivity contribution in [1.29, 1.82) is 0 Å². The molecule has 0 unspecified atom stereocenters. The second-order valence-corrected chi connectivity index (χ2v) is 4.89. The molecule has 0 saturated carbocycles. The molecule has 0 aromatic heterocycles. The van der Waals surface area contributed by atoms with Gasteiger partial charge in [-0.1, -0.05) is 46.5 Å². The number of hydrogen-bond donors (Lipinski definition) is 0. The summed E-state index contributed by atoms with van der Waals surface area (Å²) in [5, 5.41) is 0. The fourth-order valence-electron chi connectivity index (χ4n) is 1.71. The third-order valence-corrected chi connectivity index (χ3v) is 2.64. The molecule has 0 aromatic carbocycles. The van der Waals surface area contributed by atoms with Crippen LogP contribution in [0.1, 0.15) is 52.9 Å². The smallest absolute Gasteiger partial charge is 0.227 e. The zero-order valence-electron chi connectivity index (χ0n) is 10.4. The van der Waals surface area contributed by atoms with E-state index in [1.54, 1.807) is 4.90 Å². The van der Waals surface area contributed by atoms with Gasteiger partial charge in [0.2, 0.25) is 5.91 Å². The van der Waals surface area contributed by atoms with Crippen LogP contribution in [0.5, 0.6) is 0 Å². The largest absolute Gasteiger partial charge is 0.348 e. The molecule has 0 aliphatic carbocycles. The van der Waals surface area contributed by atoms with E-state index in [0.717, 1.165) is 6.42 Å². The number of carbonyl (C=O) groups is 1. The van der Waals surface area contributed by atoms with Crippen LogP contribution < -0.4 is 0 Å². The molecular weight excluding hydrogens is 174 g/mol. The van der Waals surface area contributed by atoms with E-state index in [9.17, 15) is 4.79 Å². The zero-order chi connectivity index (χ0) is 11.2. The monoisotopic (exact) mass is 199 g/mol. The van der Waals surface area contributed by atoms with Crippen LogP contribution >= 0.6 is 0 Å². The quantitative estimate of drug-likeness (QED) is 0.602. The van der Waals surface area contributed by atoms with Crippen molar-refractivity contribution in [1.82, 2.24) is 4.90 Å². The lowest BCUT2D eigenvalue weighted by Crippen LogP contribution is -2.35. The van der Waals surface area contributed by atoms with Crippen LogP contribution in [0.2, 0.25) is 0 Å². The molecule has 0 atom stereocenters. The summed E-state index contributed by atoms with van der Waals surface area (Å²) in [4.78, 5) is 13.4. The summed E-state index contributed by atoms with van der Waals surface area (Å²) in [6.45, 7) is 6.29. The van der Waals surface area contributed by atoms with Crippen LogP contribution in [0.3, 0.4) is 0 Å². The minimum absolute atomic E-state index is 0.183. The van der Waals surface area contributed by atoms with E-state index in [1.807, 2.05) is 27.9 Å². The van der Waals surface area contributed by atoms with Crippen LogP contribution in [0, 0.1) is 5.41 Å². The van der Waals surface area contributed by atoms with Crippen LogP contribution in [-0.4, -0.2) is 24.9 Å². The summed E-state index contributed by atoms with van der Waals surface area (Å²) in [6, 6.07) is 0. The van der Waals surface area contributed by atoms with Crippen molar-refractivity contribution >= 4 is 5.91 Å². The number of unbranched alkanes of at least 4 members (excludes halogenated alkanes) is 3. The Kier molecular flexibility index (Phi) is 5.82. The third-order valence-electron chi connectivity index (χ3n) is 2.64. The van der Waals surface area contributed by atoms with E-state index >= 15 is 0 Å². The normalized spacial score (nSPS) is 11.5. The predicted octanol–water partition coefficient (Wildman–Crippen LogP) is 3.07. The van der Waals surface area contributed by atoms with Gasteiger partial charge in [0, 0.05) is 19.5 Å². The molecule has 0 spiro atoms. The van der Waals surface area contributed by atoms with Gasteiger partial charge in [-0.15, -0.1) is 0 Å². The Balaban J connectivity index is 3.88. The molecule has 14 heavy (non-hydrogen) atoms. The highest BCUT2D eigenvalue weighted by atomic mass is 16.2. The van der Waals surface area contributed by atoms with Gasteiger partial charge < -0.3 is 4.90 Å². The van der Waals surface area contributed by atoms with E-state index in [1.165, 1.54) is 25.7 Å². The van der Waals surface area contributed by atoms with E-state index in [2.05, 4.69) is 6.92 Å². The second-order valence-electron chi connectivity index (χ2n) is 4.89. The highest BCUT2D eigenvalue weighted by Crippen LogP contribution is 2.25. The van der Waals surface area contributed by atoms with Crippen molar-refractivity contribution < 1.29 is 4.79 Å². The Morgan fingerprint density at radius 2 is 1.71 bits per heavy atom. The average molecular weight is 199 g/mol. The van der Waals surface area contributed by atoms with E-state index < -0.39 is 0 Å². The van der Waals surface area contributed by atoms with Crippen LogP contribution in [0.15, 0.2) is 0 Å². The van der Waals surface area contributed by atoms with Crippen molar-refractivity contribution in [3.05, 3.63) is 0 Å². The van der Waals surface area contributed by atoms with E-state index in [4.69, 9.17) is 0 Å². The first-order valence-electron chi connectivity index (χ1n) is 5.63. The molecule has 0 bridgehead atoms. The van der Waals surface area contributed by atoms with Gasteiger partial charge in [-0.05, 0) is 6.42 Å². The molecule has 2 heteroatoms. The number of carbonyl (C=O) groups excluding carboxylic acids is 1. The summed E-state index contributed by atoms with van der Waals surface area (Å²) in [6.07, 6.45) is 5.96. The lowest BCUT2D eigenvalue weighted by atomic mass is 9.85. The van der Waals surface area contributed by atoms with Crippen molar-refractivity contribution in [3.63, 3.8) is 0 Å². The van der Waals surface area contributed by atoms with Gasteiger partial charge >= 0.3 is 0 Å². The molecule has 0 aliphatic rings. The molecule has 0 N–H and O–H groups in total. The van der Waals surface area contributed by atoms with E-state index in [0.29, 0.717) is 0 Å². The van der Waals surface area contributed by atoms with Crippen LogP contribution in [0.4, 0.5) is 0 Å². The second kappa shape index (κ2) is 6.05. The molecule has 0 fully saturated rings. The Bertz CT molecular complexity index is 173. The number of rotatable bonds is 6. The molecular formula is C12H25NO. The lowest BCUT2D eigenvalue weighted by molar-refractivity contribution is -0.138. The molecule has 0 aliphatic heterocycles. The average Bonchev–Trinajstić information content (AvgIpc) is 2.11. The predicted molar refractivity (Wildman–Crippen MR) is 61.2 cm³/mol. The fraction of sp³-hybridized carbons (Fsp3) is 0.917. The maximum Gasteiger partial charge on any atom is 0.227 e. The lowest BCUT2D eigenvalue weighted by Gasteiger charge is -2.26. The number of nitrogens with zero attached hydrogens (tertiary/aromatic N) is 1. The third kappa shape index (κ3) is 4.64. The molecule has 0 radical (unpaired) electrons. The minimum atomic E-state index is -0.183. The van der Waals surface area contributed by atoms with Crippen molar-refractivity contribution in [2.75, 3.05) is 14.1 Å². The van der Waals surface area contributed by atoms with Crippen LogP contribution in [0.25, 0.3) is 0 Å². The molecule has 1 amide bonds. The zero-order valence-corrected chi connectivity index (χ0v) is 10.4. The van der Waals surface area contributed by atoms with Gasteiger partial charge in [0.25, 0.3) is 0 Å². The van der Waals surface area contributed by atoms with Gasteiger partial charge in [0.1, 0.15) is 0 Å². The Morgan fingerprint density at radius 1 is 1.14 bits per heavy atom. The summed E-state index contributed by atoms with van der Waals surface area (Å²) in [7, 11) is 3.66. The van der Waals surface area contributed by atoms with Crippen molar-refractivity contribution in [2.45, 2.75) is 52.9 Å². The number of hydrogen-bond acceptors (Lipinski definition) is 1. The maximum atomic E-state index is 11.8. The summed E-state index contributed by atoms with van der Waals surface area (Å²) in [5.41, 5.74) is -0.183. The van der Waals surface area contributed by atoms with Gasteiger partial charge in [-0.25, -0.2) is 0 Å². The standard InChI is InChI=1S/C12H25NO/c1-6-7-8-9-10-12(2,3)11(14)13(4)5/h6-10H2,1-5H3. The van der Waals surface area contributed by atoms with Gasteiger partial charge in [0.15, 0.2) is 0 Å². The first kappa shape index (κ1) is 13.5. The molecule has 84 valence electrons. The van der Waals surface area contributed by atoms with Crippen molar-refractivity contribution in [2.24, 2.45) is 5.41 Å². The minimum Gasteiger partial charge on any atom is -0.348 e. The Hall–Kier alpha value is -0.530.